The molecule has 0 amide bonds. The quantitative estimate of drug-likeness (QED) is 0.541. The summed E-state index contributed by atoms with van der Waals surface area (Å²) < 4.78 is 4.03. The van der Waals surface area contributed by atoms with Crippen LogP contribution in [0.4, 0.5) is 0 Å². The van der Waals surface area contributed by atoms with Gasteiger partial charge in [-0.05, 0) is 37.9 Å². The third-order valence-electron chi connectivity index (χ3n) is 2.66. The van der Waals surface area contributed by atoms with Crippen molar-refractivity contribution < 1.29 is 0 Å². The second kappa shape index (κ2) is 8.48. The largest absolute Gasteiger partial charge is 0.335 e. The molecule has 0 aromatic heterocycles. The maximum absolute atomic E-state index is 4.03. The van der Waals surface area contributed by atoms with Crippen LogP contribution in [-0.4, -0.2) is 29.9 Å². The molecule has 0 unspecified atom stereocenters. The van der Waals surface area contributed by atoms with E-state index < -0.39 is 16.8 Å². The Labute approximate surface area is 117 Å². The summed E-state index contributed by atoms with van der Waals surface area (Å²) in [5.41, 5.74) is 0. The average Bonchev–Trinajstić information content (AvgIpc) is 2.20. The topological polar surface area (TPSA) is 36.1 Å². The standard InChI is InChI=1S/C13H35N3Si2/c1-8-10-14-18(12-13(3)4,15-11-9-2)16-17(5,6)7/h13-16H,8-12H2,1-7H3. The minimum Gasteiger partial charge on any atom is -0.335 e. The van der Waals surface area contributed by atoms with Gasteiger partial charge >= 0.3 is 0 Å². The predicted molar refractivity (Wildman–Crippen MR) is 88.5 cm³/mol. The third kappa shape index (κ3) is 8.42. The van der Waals surface area contributed by atoms with Crippen molar-refractivity contribution in [2.24, 2.45) is 5.92 Å². The van der Waals surface area contributed by atoms with Crippen LogP contribution in [0.5, 0.6) is 0 Å². The summed E-state index contributed by atoms with van der Waals surface area (Å²) in [5, 5.41) is 0. The number of nitrogens with one attached hydrogen (secondary N) is 3. The molecule has 0 aliphatic heterocycles. The fourth-order valence-electron chi connectivity index (χ4n) is 2.28. The van der Waals surface area contributed by atoms with Crippen LogP contribution >= 0.6 is 0 Å². The summed E-state index contributed by atoms with van der Waals surface area (Å²) in [4.78, 5) is 7.71. The van der Waals surface area contributed by atoms with Crippen LogP contribution in [0, 0.1) is 5.92 Å². The highest BCUT2D eigenvalue weighted by Crippen LogP contribution is 2.12. The van der Waals surface area contributed by atoms with Gasteiger partial charge in [0.1, 0.15) is 8.24 Å². The van der Waals surface area contributed by atoms with Gasteiger partial charge in [-0.25, -0.2) is 0 Å². The molecule has 3 N–H and O–H groups in total. The molecule has 0 spiro atoms. The highest BCUT2D eigenvalue weighted by molar-refractivity contribution is 6.89. The van der Waals surface area contributed by atoms with E-state index in [0.29, 0.717) is 0 Å². The van der Waals surface area contributed by atoms with Gasteiger partial charge in [0.15, 0.2) is 0 Å². The molecule has 0 bridgehead atoms. The normalized spacial score (nSPS) is 13.3. The molecule has 0 saturated heterocycles. The lowest BCUT2D eigenvalue weighted by atomic mass is 10.3. The second-order valence-corrected chi connectivity index (χ2v) is 15.2. The first kappa shape index (κ1) is 18.3. The Morgan fingerprint density at radius 1 is 0.889 bits per heavy atom. The SMILES string of the molecule is CCCN[Si](CC(C)C)(NCCC)N[Si](C)(C)C. The van der Waals surface area contributed by atoms with Gasteiger partial charge in [0.05, 0.1) is 0 Å². The summed E-state index contributed by atoms with van der Waals surface area (Å²) in [6, 6.07) is 1.26. The minimum absolute atomic E-state index is 0.731. The van der Waals surface area contributed by atoms with E-state index in [0.717, 1.165) is 19.0 Å². The zero-order valence-electron chi connectivity index (χ0n) is 13.6. The lowest BCUT2D eigenvalue weighted by molar-refractivity contribution is 0.658. The van der Waals surface area contributed by atoms with Crippen LogP contribution in [0.15, 0.2) is 0 Å². The average molecular weight is 290 g/mol. The van der Waals surface area contributed by atoms with Crippen LogP contribution in [0.2, 0.25) is 25.7 Å². The van der Waals surface area contributed by atoms with Crippen LogP contribution in [0.25, 0.3) is 0 Å². The molecule has 0 aromatic carbocycles. The molecule has 0 aliphatic rings. The lowest BCUT2D eigenvalue weighted by Crippen LogP contribution is -2.77. The monoisotopic (exact) mass is 289 g/mol. The van der Waals surface area contributed by atoms with Gasteiger partial charge in [0.25, 0.3) is 8.56 Å². The van der Waals surface area contributed by atoms with E-state index >= 15 is 0 Å². The maximum Gasteiger partial charge on any atom is 0.274 e. The molecule has 18 heavy (non-hydrogen) atoms. The summed E-state index contributed by atoms with van der Waals surface area (Å²) in [6.45, 7) is 18.6. The third-order valence-corrected chi connectivity index (χ3v) is 10.5. The Balaban J connectivity index is 4.85. The zero-order chi connectivity index (χ0) is 14.2. The summed E-state index contributed by atoms with van der Waals surface area (Å²) in [5.74, 6) is 0.731. The minimum atomic E-state index is -1.72. The number of rotatable bonds is 10. The van der Waals surface area contributed by atoms with E-state index in [9.17, 15) is 0 Å². The Bertz CT molecular complexity index is 207. The maximum atomic E-state index is 4.03. The molecule has 0 heterocycles. The van der Waals surface area contributed by atoms with Crippen molar-refractivity contribution in [2.75, 3.05) is 13.1 Å². The molecule has 0 radical (unpaired) electrons. The van der Waals surface area contributed by atoms with E-state index in [2.05, 4.69) is 61.9 Å². The highest BCUT2D eigenvalue weighted by Gasteiger charge is 2.37. The van der Waals surface area contributed by atoms with Gasteiger partial charge in [-0.15, -0.1) is 0 Å². The van der Waals surface area contributed by atoms with Crippen molar-refractivity contribution in [3.63, 3.8) is 0 Å². The smallest absolute Gasteiger partial charge is 0.274 e. The first-order valence-electron chi connectivity index (χ1n) is 7.54. The van der Waals surface area contributed by atoms with Crippen LogP contribution < -0.4 is 14.6 Å². The summed E-state index contributed by atoms with van der Waals surface area (Å²) in [6.07, 6.45) is 2.40. The van der Waals surface area contributed by atoms with Gasteiger partial charge in [0, 0.05) is 0 Å². The van der Waals surface area contributed by atoms with E-state index in [-0.39, 0.29) is 0 Å². The van der Waals surface area contributed by atoms with Crippen LogP contribution in [0.3, 0.4) is 0 Å². The Hall–Kier alpha value is 0.314. The molecule has 0 rings (SSSR count). The van der Waals surface area contributed by atoms with E-state index in [1.54, 1.807) is 0 Å². The molecule has 5 heteroatoms. The highest BCUT2D eigenvalue weighted by atomic mass is 28.4. The van der Waals surface area contributed by atoms with Gasteiger partial charge in [-0.3, -0.25) is 0 Å². The lowest BCUT2D eigenvalue weighted by Gasteiger charge is -2.40. The zero-order valence-corrected chi connectivity index (χ0v) is 15.6. The molecule has 0 saturated carbocycles. The summed E-state index contributed by atoms with van der Waals surface area (Å²) >= 11 is 0. The van der Waals surface area contributed by atoms with Crippen LogP contribution in [-0.2, 0) is 0 Å². The summed E-state index contributed by atoms with van der Waals surface area (Å²) in [7, 11) is -3.00. The molecule has 0 aliphatic carbocycles. The van der Waals surface area contributed by atoms with Crippen molar-refractivity contribution in [3.05, 3.63) is 0 Å². The van der Waals surface area contributed by atoms with Gasteiger partial charge in [-0.2, -0.15) is 0 Å². The molecule has 0 atom stereocenters. The van der Waals surface area contributed by atoms with Gasteiger partial charge < -0.3 is 14.6 Å². The van der Waals surface area contributed by atoms with Crippen molar-refractivity contribution in [1.82, 2.24) is 14.6 Å². The van der Waals surface area contributed by atoms with Gasteiger partial charge in [-0.1, -0.05) is 47.3 Å². The first-order chi connectivity index (χ1) is 8.24. The fourth-order valence-corrected chi connectivity index (χ4v) is 11.5. The van der Waals surface area contributed by atoms with Crippen molar-refractivity contribution >= 4 is 16.8 Å². The fraction of sp³-hybridized carbons (Fsp3) is 1.00. The molecular weight excluding hydrogens is 254 g/mol. The van der Waals surface area contributed by atoms with Crippen LogP contribution in [0.1, 0.15) is 40.5 Å². The Morgan fingerprint density at radius 3 is 1.61 bits per heavy atom. The van der Waals surface area contributed by atoms with Gasteiger partial charge in [0.2, 0.25) is 0 Å². The Kier molecular flexibility index (Phi) is 8.63. The van der Waals surface area contributed by atoms with Crippen molar-refractivity contribution in [2.45, 2.75) is 66.2 Å². The Morgan fingerprint density at radius 2 is 1.33 bits per heavy atom. The molecule has 110 valence electrons. The first-order valence-corrected chi connectivity index (χ1v) is 13.2. The van der Waals surface area contributed by atoms with E-state index in [4.69, 9.17) is 0 Å². The van der Waals surface area contributed by atoms with Crippen molar-refractivity contribution in [1.29, 1.82) is 0 Å². The van der Waals surface area contributed by atoms with E-state index in [1.807, 2.05) is 0 Å². The van der Waals surface area contributed by atoms with Crippen molar-refractivity contribution in [3.8, 4) is 0 Å². The molecule has 3 nitrogen and oxygen atoms in total. The molecule has 0 fully saturated rings. The number of hydrogen-bond donors (Lipinski definition) is 3. The predicted octanol–water partition coefficient (Wildman–Crippen LogP) is 3.01. The molecule has 0 aromatic rings. The second-order valence-electron chi connectivity index (χ2n) is 6.73. The van der Waals surface area contributed by atoms with E-state index in [1.165, 1.54) is 18.9 Å². The number of hydrogen-bond acceptors (Lipinski definition) is 3. The molecular formula is C13H35N3Si2.